The molecule has 2 rings (SSSR count). The van der Waals surface area contributed by atoms with E-state index in [0.717, 1.165) is 34.5 Å². The zero-order chi connectivity index (χ0) is 26.0. The lowest BCUT2D eigenvalue weighted by Gasteiger charge is -2.32. The van der Waals surface area contributed by atoms with Gasteiger partial charge in [-0.05, 0) is 44.9 Å². The number of amides is 2. The van der Waals surface area contributed by atoms with Crippen molar-refractivity contribution in [1.29, 1.82) is 0 Å². The third-order valence-corrected chi connectivity index (χ3v) is 6.67. The number of hydrogen-bond acceptors (Lipinski definition) is 5. The van der Waals surface area contributed by atoms with E-state index in [2.05, 4.69) is 5.32 Å². The van der Waals surface area contributed by atoms with Crippen LogP contribution in [0.3, 0.4) is 0 Å². The monoisotopic (exact) mass is 503 g/mol. The fourth-order valence-electron chi connectivity index (χ4n) is 3.66. The zero-order valence-electron chi connectivity index (χ0n) is 21.3. The smallest absolute Gasteiger partial charge is 0.244 e. The van der Waals surface area contributed by atoms with Gasteiger partial charge in [0.25, 0.3) is 0 Å². The minimum atomic E-state index is -3.83. The summed E-state index contributed by atoms with van der Waals surface area (Å²) in [7, 11) is -3.83. The Labute approximate surface area is 209 Å². The van der Waals surface area contributed by atoms with Crippen LogP contribution >= 0.6 is 0 Å². The van der Waals surface area contributed by atoms with Gasteiger partial charge in [-0.25, -0.2) is 8.42 Å². The Hall–Kier alpha value is -3.07. The molecule has 0 fully saturated rings. The molecule has 0 saturated carbocycles. The van der Waals surface area contributed by atoms with E-state index in [4.69, 9.17) is 4.74 Å². The molecule has 0 unspecified atom stereocenters. The molecule has 0 aliphatic carbocycles. The summed E-state index contributed by atoms with van der Waals surface area (Å²) < 4.78 is 32.1. The van der Waals surface area contributed by atoms with Crippen molar-refractivity contribution in [1.82, 2.24) is 10.2 Å². The maximum atomic E-state index is 13.6. The van der Waals surface area contributed by atoms with Crippen LogP contribution in [-0.4, -0.2) is 57.1 Å². The van der Waals surface area contributed by atoms with Crippen molar-refractivity contribution in [2.75, 3.05) is 30.3 Å². The summed E-state index contributed by atoms with van der Waals surface area (Å²) in [6, 6.07) is 13.6. The van der Waals surface area contributed by atoms with Gasteiger partial charge in [0.15, 0.2) is 0 Å². The third kappa shape index (κ3) is 8.28. The highest BCUT2D eigenvalue weighted by atomic mass is 32.2. The van der Waals surface area contributed by atoms with Gasteiger partial charge in [0.1, 0.15) is 18.3 Å². The van der Waals surface area contributed by atoms with Crippen molar-refractivity contribution >= 4 is 27.5 Å². The number of carbonyl (C=O) groups is 2. The average Bonchev–Trinajstić information content (AvgIpc) is 2.80. The number of nitrogens with one attached hydrogen (secondary N) is 1. The van der Waals surface area contributed by atoms with Crippen molar-refractivity contribution in [2.45, 2.75) is 53.1 Å². The lowest BCUT2D eigenvalue weighted by Crippen LogP contribution is -2.51. The Balaban J connectivity index is 2.39. The topological polar surface area (TPSA) is 96.0 Å². The molecule has 0 saturated heterocycles. The van der Waals surface area contributed by atoms with Crippen LogP contribution in [0.1, 0.15) is 44.7 Å². The number of para-hydroxylation sites is 2. The van der Waals surface area contributed by atoms with Gasteiger partial charge in [0.05, 0.1) is 18.6 Å². The molecule has 2 aromatic rings. The van der Waals surface area contributed by atoms with E-state index in [-0.39, 0.29) is 18.1 Å². The zero-order valence-corrected chi connectivity index (χ0v) is 22.1. The molecule has 2 aromatic carbocycles. The number of nitrogens with zero attached hydrogens (tertiary/aromatic N) is 2. The normalized spacial score (nSPS) is 12.0. The first-order valence-electron chi connectivity index (χ1n) is 11.9. The molecular formula is C26H37N3O5S. The van der Waals surface area contributed by atoms with Gasteiger partial charge in [-0.1, -0.05) is 55.3 Å². The molecule has 0 radical (unpaired) electrons. The van der Waals surface area contributed by atoms with Gasteiger partial charge >= 0.3 is 0 Å². The van der Waals surface area contributed by atoms with Gasteiger partial charge in [-0.15, -0.1) is 0 Å². The molecular weight excluding hydrogens is 466 g/mol. The molecule has 0 heterocycles. The third-order valence-electron chi connectivity index (χ3n) is 5.55. The molecule has 0 aromatic heterocycles. The molecule has 35 heavy (non-hydrogen) atoms. The fourth-order valence-corrected chi connectivity index (χ4v) is 4.51. The largest absolute Gasteiger partial charge is 0.492 e. The van der Waals surface area contributed by atoms with Crippen molar-refractivity contribution in [3.05, 3.63) is 59.7 Å². The number of sulfonamides is 1. The van der Waals surface area contributed by atoms with E-state index < -0.39 is 28.5 Å². The Morgan fingerprint density at radius 2 is 1.80 bits per heavy atom. The summed E-state index contributed by atoms with van der Waals surface area (Å²) in [5.74, 6) is -0.398. The molecule has 9 heteroatoms. The van der Waals surface area contributed by atoms with Gasteiger partial charge in [0.2, 0.25) is 21.8 Å². The molecule has 2 amide bonds. The Morgan fingerprint density at radius 3 is 2.43 bits per heavy atom. The summed E-state index contributed by atoms with van der Waals surface area (Å²) in [5, 5.41) is 2.87. The Morgan fingerprint density at radius 1 is 1.09 bits per heavy atom. The van der Waals surface area contributed by atoms with Crippen LogP contribution in [0.4, 0.5) is 5.69 Å². The van der Waals surface area contributed by atoms with E-state index in [1.807, 2.05) is 38.1 Å². The number of anilines is 1. The number of carbonyl (C=O) groups excluding carboxylic acids is 2. The first-order valence-corrected chi connectivity index (χ1v) is 13.8. The quantitative estimate of drug-likeness (QED) is 0.422. The lowest BCUT2D eigenvalue weighted by atomic mass is 10.1. The van der Waals surface area contributed by atoms with Crippen LogP contribution in [-0.2, 0) is 26.2 Å². The minimum Gasteiger partial charge on any atom is -0.492 e. The van der Waals surface area contributed by atoms with Crippen molar-refractivity contribution < 1.29 is 22.7 Å². The second-order valence-electron chi connectivity index (χ2n) is 8.50. The summed E-state index contributed by atoms with van der Waals surface area (Å²) >= 11 is 0. The highest BCUT2D eigenvalue weighted by Crippen LogP contribution is 2.30. The molecule has 0 aliphatic heterocycles. The number of hydrogen-bond donors (Lipinski definition) is 1. The predicted octanol–water partition coefficient (Wildman–Crippen LogP) is 3.49. The fraction of sp³-hybridized carbons (Fsp3) is 0.462. The van der Waals surface area contributed by atoms with Crippen LogP contribution in [0.2, 0.25) is 0 Å². The molecule has 0 spiro atoms. The van der Waals surface area contributed by atoms with Crippen LogP contribution in [0.15, 0.2) is 48.5 Å². The SMILES string of the molecule is CCCCNC(=O)[C@@H](C)N(Cc1cccc(C)c1)C(=O)CN(c1ccccc1OCC)S(C)(=O)=O. The minimum absolute atomic E-state index is 0.174. The summed E-state index contributed by atoms with van der Waals surface area (Å²) in [5.41, 5.74) is 2.16. The number of aryl methyl sites for hydroxylation is 1. The second kappa shape index (κ2) is 13.1. The Kier molecular flexibility index (Phi) is 10.6. The number of rotatable bonds is 13. The van der Waals surface area contributed by atoms with E-state index >= 15 is 0 Å². The molecule has 8 nitrogen and oxygen atoms in total. The van der Waals surface area contributed by atoms with Crippen LogP contribution < -0.4 is 14.4 Å². The van der Waals surface area contributed by atoms with Crippen molar-refractivity contribution in [3.63, 3.8) is 0 Å². The highest BCUT2D eigenvalue weighted by Gasteiger charge is 2.31. The first kappa shape index (κ1) is 28.2. The molecule has 1 N–H and O–H groups in total. The van der Waals surface area contributed by atoms with Crippen LogP contribution in [0.5, 0.6) is 5.75 Å². The maximum Gasteiger partial charge on any atom is 0.244 e. The van der Waals surface area contributed by atoms with E-state index in [1.54, 1.807) is 38.1 Å². The molecule has 0 bridgehead atoms. The number of ether oxygens (including phenoxy) is 1. The first-order chi connectivity index (χ1) is 16.6. The molecule has 0 aliphatic rings. The lowest BCUT2D eigenvalue weighted by molar-refractivity contribution is -0.139. The van der Waals surface area contributed by atoms with Gasteiger partial charge in [-0.2, -0.15) is 0 Å². The highest BCUT2D eigenvalue weighted by molar-refractivity contribution is 7.92. The van der Waals surface area contributed by atoms with Gasteiger partial charge in [-0.3, -0.25) is 13.9 Å². The number of benzene rings is 2. The van der Waals surface area contributed by atoms with Crippen LogP contribution in [0.25, 0.3) is 0 Å². The van der Waals surface area contributed by atoms with Gasteiger partial charge < -0.3 is 15.0 Å². The standard InChI is InChI=1S/C26H37N3O5S/c1-6-8-16-27-26(31)21(4)28(18-22-13-11-12-20(3)17-22)25(30)19-29(35(5,32)33)23-14-9-10-15-24(23)34-7-2/h9-15,17,21H,6-8,16,18-19H2,1-5H3,(H,27,31)/t21-/m1/s1. The van der Waals surface area contributed by atoms with Crippen molar-refractivity contribution in [2.24, 2.45) is 0 Å². The average molecular weight is 504 g/mol. The van der Waals surface area contributed by atoms with Crippen LogP contribution in [0, 0.1) is 6.92 Å². The second-order valence-corrected chi connectivity index (χ2v) is 10.4. The summed E-state index contributed by atoms with van der Waals surface area (Å²) in [4.78, 5) is 27.9. The van der Waals surface area contributed by atoms with Gasteiger partial charge in [0, 0.05) is 13.1 Å². The molecule has 192 valence electrons. The number of unbranched alkanes of at least 4 members (excludes halogenated alkanes) is 1. The predicted molar refractivity (Wildman–Crippen MR) is 139 cm³/mol. The van der Waals surface area contributed by atoms with E-state index in [1.165, 1.54) is 4.90 Å². The van der Waals surface area contributed by atoms with Crippen molar-refractivity contribution in [3.8, 4) is 5.75 Å². The van der Waals surface area contributed by atoms with E-state index in [0.29, 0.717) is 18.9 Å². The maximum absolute atomic E-state index is 13.6. The molecule has 1 atom stereocenters. The van der Waals surface area contributed by atoms with E-state index in [9.17, 15) is 18.0 Å². The Bertz CT molecular complexity index is 1100. The summed E-state index contributed by atoms with van der Waals surface area (Å²) in [6.45, 7) is 8.02. The summed E-state index contributed by atoms with van der Waals surface area (Å²) in [6.07, 6.45) is 2.82.